The molecule has 2 aliphatic rings. The molecule has 3 atom stereocenters. The molecule has 258 valence electrons. The Kier molecular flexibility index (Phi) is 9.36. The van der Waals surface area contributed by atoms with Gasteiger partial charge >= 0.3 is 0 Å². The maximum absolute atomic E-state index is 14.7. The molecule has 3 unspecified atom stereocenters. The van der Waals surface area contributed by atoms with Crippen molar-refractivity contribution in [2.45, 2.75) is 96.7 Å². The molecular weight excluding hydrogens is 641 g/mol. The number of ether oxygens (including phenoxy) is 2. The number of hydrogen-bond donors (Lipinski definition) is 1. The molecule has 0 radical (unpaired) electrons. The average molecular weight is 685 g/mol. The summed E-state index contributed by atoms with van der Waals surface area (Å²) in [5, 5.41) is 0. The summed E-state index contributed by atoms with van der Waals surface area (Å²) in [6.45, 7) is 14.4. The quantitative estimate of drug-likeness (QED) is 0.235. The number of hydrogen-bond acceptors (Lipinski definition) is 9. The Labute approximate surface area is 288 Å². The third-order valence-electron chi connectivity index (χ3n) is 8.90. The van der Waals surface area contributed by atoms with E-state index in [9.17, 15) is 13.2 Å². The van der Waals surface area contributed by atoms with Crippen molar-refractivity contribution in [2.24, 2.45) is 5.41 Å². The van der Waals surface area contributed by atoms with Gasteiger partial charge in [-0.3, -0.25) is 4.79 Å². The smallest absolute Gasteiger partial charge is 0.264 e. The van der Waals surface area contributed by atoms with E-state index in [4.69, 9.17) is 9.47 Å². The third kappa shape index (κ3) is 7.54. The van der Waals surface area contributed by atoms with Crippen LogP contribution in [0.25, 0.3) is 11.3 Å². The maximum Gasteiger partial charge on any atom is 0.264 e. The van der Waals surface area contributed by atoms with E-state index in [1.807, 2.05) is 50.8 Å². The Bertz CT molecular complexity index is 1940. The summed E-state index contributed by atoms with van der Waals surface area (Å²) < 4.78 is 42.2. The number of fused-ring (bicyclic) bond motifs is 4. The monoisotopic (exact) mass is 684 g/mol. The van der Waals surface area contributed by atoms with Crippen LogP contribution in [0.15, 0.2) is 65.8 Å². The highest BCUT2D eigenvalue weighted by molar-refractivity contribution is 7.92. The van der Waals surface area contributed by atoms with Crippen molar-refractivity contribution in [3.8, 4) is 22.9 Å². The van der Waals surface area contributed by atoms with E-state index in [-0.39, 0.29) is 64.3 Å². The molecule has 6 rings (SSSR count). The molecule has 1 amide bonds. The molecule has 1 saturated carbocycles. The van der Waals surface area contributed by atoms with Crippen molar-refractivity contribution in [2.75, 3.05) is 11.3 Å². The van der Waals surface area contributed by atoms with Gasteiger partial charge in [0.2, 0.25) is 11.8 Å². The lowest BCUT2D eigenvalue weighted by Crippen LogP contribution is -2.56. The predicted molar refractivity (Wildman–Crippen MR) is 187 cm³/mol. The van der Waals surface area contributed by atoms with Gasteiger partial charge in [0, 0.05) is 29.2 Å². The fourth-order valence-electron chi connectivity index (χ4n) is 6.70. The fourth-order valence-corrected chi connectivity index (χ4v) is 7.69. The molecule has 3 heterocycles. The zero-order chi connectivity index (χ0) is 35.1. The molecule has 12 heteroatoms. The summed E-state index contributed by atoms with van der Waals surface area (Å²) in [5.74, 6) is 0.914. The number of aromatic nitrogens is 4. The molecule has 2 aromatic heterocycles. The highest BCUT2D eigenvalue weighted by Gasteiger charge is 2.45. The molecule has 1 fully saturated rings. The second-order valence-electron chi connectivity index (χ2n) is 14.5. The summed E-state index contributed by atoms with van der Waals surface area (Å²) in [6.07, 6.45) is 5.49. The van der Waals surface area contributed by atoms with Crippen LogP contribution >= 0.6 is 0 Å². The number of carbonyl (C=O) groups excluding carboxylic acids is 1. The van der Waals surface area contributed by atoms with Gasteiger partial charge in [-0.2, -0.15) is 4.98 Å². The van der Waals surface area contributed by atoms with Crippen LogP contribution in [0.2, 0.25) is 0 Å². The lowest BCUT2D eigenvalue weighted by molar-refractivity contribution is 0.0156. The minimum Gasteiger partial charge on any atom is -0.488 e. The molecule has 49 heavy (non-hydrogen) atoms. The number of amides is 1. The van der Waals surface area contributed by atoms with E-state index < -0.39 is 10.0 Å². The van der Waals surface area contributed by atoms with Crippen LogP contribution in [-0.4, -0.2) is 64.0 Å². The molecule has 4 bridgehead atoms. The van der Waals surface area contributed by atoms with Crippen LogP contribution in [0.1, 0.15) is 87.1 Å². The fraction of sp³-hybridized carbons (Fsp3) is 0.432. The second-order valence-corrected chi connectivity index (χ2v) is 16.1. The van der Waals surface area contributed by atoms with Crippen LogP contribution in [0.5, 0.6) is 11.6 Å². The van der Waals surface area contributed by atoms with Gasteiger partial charge in [0.25, 0.3) is 15.9 Å². The van der Waals surface area contributed by atoms with Crippen molar-refractivity contribution in [1.82, 2.24) is 24.8 Å². The van der Waals surface area contributed by atoms with Gasteiger partial charge in [-0.1, -0.05) is 45.0 Å². The Hall–Kier alpha value is -4.58. The molecule has 4 aromatic rings. The Balaban J connectivity index is 1.46. The van der Waals surface area contributed by atoms with Gasteiger partial charge in [0.05, 0.1) is 35.1 Å². The first kappa shape index (κ1) is 34.3. The van der Waals surface area contributed by atoms with Gasteiger partial charge < -0.3 is 14.4 Å². The molecule has 11 nitrogen and oxygen atoms in total. The first-order chi connectivity index (χ1) is 23.2. The first-order valence-corrected chi connectivity index (χ1v) is 18.2. The number of nitrogens with one attached hydrogen (secondary N) is 1. The zero-order valence-electron chi connectivity index (χ0n) is 29.1. The third-order valence-corrected chi connectivity index (χ3v) is 10.2. The number of carbonyl (C=O) groups is 1. The van der Waals surface area contributed by atoms with E-state index in [2.05, 4.69) is 45.4 Å². The van der Waals surface area contributed by atoms with Crippen LogP contribution in [0.4, 0.5) is 5.95 Å². The SMILES string of the molecule is Cc1cccc(C)c1-c1cc2nc(n1)NS(=O)(=O)c1cccc(c1)C(=O)N(C1CCC1c1ncc(OC(C)C)cn1)C(CC(C)(C)C)CO2. The standard InChI is InChI=1S/C37H44N6O5S/c1-22(2)48-27-19-38-34(39-20-27)29-14-15-31(29)43-26(18-37(5,6)7)21-47-32-17-30(33-23(3)10-8-11-24(33)4)40-36(41-32)42-49(45,46)28-13-9-12-25(16-28)35(43)44/h8-13,16-17,19-20,22,26,29,31H,14-15,18,21H2,1-7H3,(H,40,41,42). The Morgan fingerprint density at radius 1 is 1.00 bits per heavy atom. The molecule has 2 aromatic carbocycles. The highest BCUT2D eigenvalue weighted by atomic mass is 32.2. The lowest BCUT2D eigenvalue weighted by Gasteiger charge is -2.48. The minimum absolute atomic E-state index is 0.00854. The topological polar surface area (TPSA) is 136 Å². The van der Waals surface area contributed by atoms with E-state index in [0.717, 1.165) is 29.5 Å². The van der Waals surface area contributed by atoms with Crippen molar-refractivity contribution < 1.29 is 22.7 Å². The first-order valence-electron chi connectivity index (χ1n) is 16.7. The largest absolute Gasteiger partial charge is 0.488 e. The summed E-state index contributed by atoms with van der Waals surface area (Å²) in [7, 11) is -4.17. The van der Waals surface area contributed by atoms with Crippen molar-refractivity contribution in [3.63, 3.8) is 0 Å². The van der Waals surface area contributed by atoms with E-state index in [0.29, 0.717) is 23.7 Å². The van der Waals surface area contributed by atoms with Crippen LogP contribution < -0.4 is 14.2 Å². The number of aryl methyl sites for hydroxylation is 2. The molecule has 1 aliphatic heterocycles. The van der Waals surface area contributed by atoms with Crippen molar-refractivity contribution in [3.05, 3.63) is 83.4 Å². The summed E-state index contributed by atoms with van der Waals surface area (Å²) in [4.78, 5) is 34.9. The second kappa shape index (κ2) is 13.4. The molecule has 1 N–H and O–H groups in total. The molecule has 0 spiro atoms. The van der Waals surface area contributed by atoms with Crippen LogP contribution in [-0.2, 0) is 10.0 Å². The number of anilines is 1. The summed E-state index contributed by atoms with van der Waals surface area (Å²) in [5.41, 5.74) is 3.44. The van der Waals surface area contributed by atoms with Gasteiger partial charge in [0.1, 0.15) is 12.4 Å². The summed E-state index contributed by atoms with van der Waals surface area (Å²) >= 11 is 0. The summed E-state index contributed by atoms with van der Waals surface area (Å²) in [6, 6.07) is 13.2. The Morgan fingerprint density at radius 3 is 2.33 bits per heavy atom. The van der Waals surface area contributed by atoms with E-state index in [1.165, 1.54) is 12.1 Å². The van der Waals surface area contributed by atoms with Gasteiger partial charge in [-0.15, -0.1) is 0 Å². The van der Waals surface area contributed by atoms with Gasteiger partial charge in [0.15, 0.2) is 5.75 Å². The lowest BCUT2D eigenvalue weighted by atomic mass is 9.76. The number of sulfonamides is 1. The number of nitrogens with zero attached hydrogens (tertiary/aromatic N) is 5. The molecular formula is C37H44N6O5S. The van der Waals surface area contributed by atoms with E-state index in [1.54, 1.807) is 30.6 Å². The van der Waals surface area contributed by atoms with Gasteiger partial charge in [-0.25, -0.2) is 28.1 Å². The van der Waals surface area contributed by atoms with Crippen molar-refractivity contribution >= 4 is 21.9 Å². The predicted octanol–water partition coefficient (Wildman–Crippen LogP) is 6.72. The number of benzene rings is 2. The number of rotatable bonds is 6. The average Bonchev–Trinajstić information content (AvgIpc) is 3.00. The van der Waals surface area contributed by atoms with Crippen LogP contribution in [0.3, 0.4) is 0 Å². The van der Waals surface area contributed by atoms with E-state index >= 15 is 0 Å². The molecule has 0 saturated heterocycles. The molecule has 1 aliphatic carbocycles. The zero-order valence-corrected chi connectivity index (χ0v) is 29.9. The maximum atomic E-state index is 14.7. The normalized spacial score (nSPS) is 20.6. The van der Waals surface area contributed by atoms with Crippen LogP contribution in [0, 0.1) is 19.3 Å². The van der Waals surface area contributed by atoms with Crippen molar-refractivity contribution in [1.29, 1.82) is 0 Å². The minimum atomic E-state index is -4.17. The highest BCUT2D eigenvalue weighted by Crippen LogP contribution is 2.42. The van der Waals surface area contributed by atoms with Gasteiger partial charge in [-0.05, 0) is 81.7 Å². The Morgan fingerprint density at radius 2 is 1.69 bits per heavy atom.